The first kappa shape index (κ1) is 15.5. The Morgan fingerprint density at radius 3 is 2.39 bits per heavy atom. The van der Waals surface area contributed by atoms with Crippen LogP contribution in [-0.4, -0.2) is 19.4 Å². The van der Waals surface area contributed by atoms with Crippen molar-refractivity contribution in [2.75, 3.05) is 7.11 Å². The summed E-state index contributed by atoms with van der Waals surface area (Å²) >= 11 is 0. The third-order valence-corrected chi connectivity index (χ3v) is 4.19. The molecule has 1 aliphatic rings. The van der Waals surface area contributed by atoms with E-state index in [-0.39, 0.29) is 12.3 Å². The molecule has 0 spiro atoms. The molecule has 1 saturated carbocycles. The van der Waals surface area contributed by atoms with E-state index >= 15 is 0 Å². The fourth-order valence-electron chi connectivity index (χ4n) is 2.31. The van der Waals surface area contributed by atoms with Crippen molar-refractivity contribution >= 4 is 5.97 Å². The Hall–Kier alpha value is -0.570. The second-order valence-corrected chi connectivity index (χ2v) is 6.05. The largest absolute Gasteiger partial charge is 0.435 e. The van der Waals surface area contributed by atoms with Crippen LogP contribution in [0.2, 0.25) is 0 Å². The molecule has 0 amide bonds. The number of ether oxygens (including phenoxy) is 2. The number of methoxy groups -OCH3 is 1. The molecule has 1 atom stereocenters. The van der Waals surface area contributed by atoms with Crippen molar-refractivity contribution in [3.63, 3.8) is 0 Å². The van der Waals surface area contributed by atoms with Crippen molar-refractivity contribution in [2.24, 2.45) is 11.3 Å². The summed E-state index contributed by atoms with van der Waals surface area (Å²) in [6, 6.07) is 0. The van der Waals surface area contributed by atoms with Gasteiger partial charge in [-0.05, 0) is 26.2 Å². The molecule has 0 bridgehead atoms. The molecular formula is C15H28O3. The van der Waals surface area contributed by atoms with Crippen LogP contribution >= 0.6 is 0 Å². The third-order valence-electron chi connectivity index (χ3n) is 4.19. The third kappa shape index (κ3) is 4.60. The molecular weight excluding hydrogens is 228 g/mol. The summed E-state index contributed by atoms with van der Waals surface area (Å²) in [6.07, 6.45) is 7.70. The fourth-order valence-corrected chi connectivity index (χ4v) is 2.31. The Morgan fingerprint density at radius 2 is 1.89 bits per heavy atom. The van der Waals surface area contributed by atoms with Crippen molar-refractivity contribution in [3.05, 3.63) is 0 Å². The monoisotopic (exact) mass is 256 g/mol. The lowest BCUT2D eigenvalue weighted by molar-refractivity contribution is -0.187. The normalized spacial score (nSPS) is 19.6. The summed E-state index contributed by atoms with van der Waals surface area (Å²) in [4.78, 5) is 12.0. The summed E-state index contributed by atoms with van der Waals surface area (Å²) in [7, 11) is 1.62. The first-order chi connectivity index (χ1) is 8.49. The quantitative estimate of drug-likeness (QED) is 0.534. The van der Waals surface area contributed by atoms with Gasteiger partial charge in [0.05, 0.1) is 5.41 Å². The van der Waals surface area contributed by atoms with Crippen LogP contribution in [0.1, 0.15) is 65.7 Å². The molecule has 0 aliphatic heterocycles. The van der Waals surface area contributed by atoms with Gasteiger partial charge >= 0.3 is 5.97 Å². The molecule has 1 rings (SSSR count). The SMILES string of the molecule is CCC(C)(C)C(=O)OC(CC1CCCCC1)OC. The van der Waals surface area contributed by atoms with E-state index < -0.39 is 5.41 Å². The molecule has 0 heterocycles. The Labute approximate surface area is 111 Å². The lowest BCUT2D eigenvalue weighted by Crippen LogP contribution is -2.32. The van der Waals surface area contributed by atoms with Crippen molar-refractivity contribution in [1.29, 1.82) is 0 Å². The zero-order chi connectivity index (χ0) is 13.6. The molecule has 18 heavy (non-hydrogen) atoms. The number of rotatable bonds is 6. The van der Waals surface area contributed by atoms with Gasteiger partial charge in [-0.25, -0.2) is 0 Å². The lowest BCUT2D eigenvalue weighted by Gasteiger charge is -2.28. The van der Waals surface area contributed by atoms with E-state index in [2.05, 4.69) is 0 Å². The Bertz CT molecular complexity index is 254. The molecule has 0 N–H and O–H groups in total. The molecule has 0 aromatic rings. The second kappa shape index (κ2) is 7.13. The van der Waals surface area contributed by atoms with Gasteiger partial charge in [-0.2, -0.15) is 0 Å². The van der Waals surface area contributed by atoms with Crippen LogP contribution in [0.3, 0.4) is 0 Å². The highest BCUT2D eigenvalue weighted by Crippen LogP contribution is 2.29. The molecule has 0 radical (unpaired) electrons. The molecule has 3 heteroatoms. The number of esters is 1. The maximum absolute atomic E-state index is 12.0. The first-order valence-corrected chi connectivity index (χ1v) is 7.23. The molecule has 1 unspecified atom stereocenters. The van der Waals surface area contributed by atoms with E-state index in [1.165, 1.54) is 32.1 Å². The van der Waals surface area contributed by atoms with Gasteiger partial charge in [-0.15, -0.1) is 0 Å². The van der Waals surface area contributed by atoms with Gasteiger partial charge in [0.2, 0.25) is 6.29 Å². The van der Waals surface area contributed by atoms with Crippen LogP contribution in [0.25, 0.3) is 0 Å². The number of carbonyl (C=O) groups is 1. The summed E-state index contributed by atoms with van der Waals surface area (Å²) in [5, 5.41) is 0. The Morgan fingerprint density at radius 1 is 1.28 bits per heavy atom. The predicted octanol–water partition coefficient (Wildman–Crippen LogP) is 3.91. The van der Waals surface area contributed by atoms with Crippen LogP contribution < -0.4 is 0 Å². The minimum Gasteiger partial charge on any atom is -0.435 e. The Kier molecular flexibility index (Phi) is 6.13. The van der Waals surface area contributed by atoms with Crippen LogP contribution in [-0.2, 0) is 14.3 Å². The van der Waals surface area contributed by atoms with Crippen LogP contribution in [0.15, 0.2) is 0 Å². The van der Waals surface area contributed by atoms with Crippen LogP contribution in [0.5, 0.6) is 0 Å². The number of hydrogen-bond donors (Lipinski definition) is 0. The van der Waals surface area contributed by atoms with Gasteiger partial charge in [0.25, 0.3) is 0 Å². The van der Waals surface area contributed by atoms with Crippen molar-refractivity contribution < 1.29 is 14.3 Å². The van der Waals surface area contributed by atoms with E-state index in [1.807, 2.05) is 20.8 Å². The van der Waals surface area contributed by atoms with Gasteiger partial charge < -0.3 is 9.47 Å². The van der Waals surface area contributed by atoms with Crippen molar-refractivity contribution in [1.82, 2.24) is 0 Å². The zero-order valence-electron chi connectivity index (χ0n) is 12.3. The summed E-state index contributed by atoms with van der Waals surface area (Å²) in [5.74, 6) is 0.508. The lowest BCUT2D eigenvalue weighted by atomic mass is 9.86. The highest BCUT2D eigenvalue weighted by Gasteiger charge is 2.30. The van der Waals surface area contributed by atoms with Gasteiger partial charge in [0.15, 0.2) is 0 Å². The number of hydrogen-bond acceptors (Lipinski definition) is 3. The second-order valence-electron chi connectivity index (χ2n) is 6.05. The molecule has 0 saturated heterocycles. The van der Waals surface area contributed by atoms with Crippen molar-refractivity contribution in [3.8, 4) is 0 Å². The van der Waals surface area contributed by atoms with Crippen molar-refractivity contribution in [2.45, 2.75) is 72.0 Å². The van der Waals surface area contributed by atoms with E-state index in [4.69, 9.17) is 9.47 Å². The van der Waals surface area contributed by atoms with E-state index in [9.17, 15) is 4.79 Å². The topological polar surface area (TPSA) is 35.5 Å². The molecule has 3 nitrogen and oxygen atoms in total. The fraction of sp³-hybridized carbons (Fsp3) is 0.933. The standard InChI is InChI=1S/C15H28O3/c1-5-15(2,3)14(16)18-13(17-4)11-12-9-7-6-8-10-12/h12-13H,5-11H2,1-4H3. The molecule has 1 fully saturated rings. The molecule has 0 aromatic carbocycles. The average molecular weight is 256 g/mol. The van der Waals surface area contributed by atoms with Crippen LogP contribution in [0.4, 0.5) is 0 Å². The Balaban J connectivity index is 2.43. The van der Waals surface area contributed by atoms with Gasteiger partial charge in [0.1, 0.15) is 0 Å². The van der Waals surface area contributed by atoms with E-state index in [1.54, 1.807) is 7.11 Å². The summed E-state index contributed by atoms with van der Waals surface area (Å²) in [5.41, 5.74) is -0.413. The first-order valence-electron chi connectivity index (χ1n) is 7.23. The maximum atomic E-state index is 12.0. The zero-order valence-corrected chi connectivity index (χ0v) is 12.3. The maximum Gasteiger partial charge on any atom is 0.313 e. The molecule has 1 aliphatic carbocycles. The summed E-state index contributed by atoms with van der Waals surface area (Å²) in [6.45, 7) is 5.84. The predicted molar refractivity (Wildman–Crippen MR) is 72.2 cm³/mol. The molecule has 0 aromatic heterocycles. The highest BCUT2D eigenvalue weighted by atomic mass is 16.7. The smallest absolute Gasteiger partial charge is 0.313 e. The summed E-state index contributed by atoms with van der Waals surface area (Å²) < 4.78 is 10.8. The number of carbonyl (C=O) groups excluding carboxylic acids is 1. The van der Waals surface area contributed by atoms with Gasteiger partial charge in [-0.1, -0.05) is 39.0 Å². The van der Waals surface area contributed by atoms with Crippen LogP contribution in [0, 0.1) is 11.3 Å². The van der Waals surface area contributed by atoms with E-state index in [0.29, 0.717) is 5.92 Å². The highest BCUT2D eigenvalue weighted by molar-refractivity contribution is 5.75. The minimum absolute atomic E-state index is 0.146. The van der Waals surface area contributed by atoms with Gasteiger partial charge in [-0.3, -0.25) is 4.79 Å². The minimum atomic E-state index is -0.413. The average Bonchev–Trinajstić information content (AvgIpc) is 2.38. The van der Waals surface area contributed by atoms with E-state index in [0.717, 1.165) is 12.8 Å². The van der Waals surface area contributed by atoms with Gasteiger partial charge in [0, 0.05) is 13.5 Å². The molecule has 106 valence electrons.